The fourth-order valence-electron chi connectivity index (χ4n) is 1.47. The molecule has 0 saturated carbocycles. The van der Waals surface area contributed by atoms with Gasteiger partial charge in [0.15, 0.2) is 5.16 Å². The maximum atomic E-state index is 10.5. The van der Waals surface area contributed by atoms with Crippen molar-refractivity contribution in [2.24, 2.45) is 5.92 Å². The average molecular weight is 257 g/mol. The van der Waals surface area contributed by atoms with Crippen LogP contribution in [0, 0.1) is 5.92 Å². The first-order chi connectivity index (χ1) is 8.04. The highest BCUT2D eigenvalue weighted by Gasteiger charge is 2.12. The first kappa shape index (κ1) is 14.0. The van der Waals surface area contributed by atoms with Gasteiger partial charge in [-0.25, -0.2) is 0 Å². The van der Waals surface area contributed by atoms with Crippen LogP contribution in [0.25, 0.3) is 0 Å². The molecule has 17 heavy (non-hydrogen) atoms. The zero-order chi connectivity index (χ0) is 12.8. The fraction of sp³-hybridized carbons (Fsp3) is 0.727. The molecule has 6 heteroatoms. The van der Waals surface area contributed by atoms with E-state index in [1.807, 2.05) is 11.5 Å². The van der Waals surface area contributed by atoms with Gasteiger partial charge in [-0.1, -0.05) is 25.6 Å². The Morgan fingerprint density at radius 2 is 2.18 bits per heavy atom. The summed E-state index contributed by atoms with van der Waals surface area (Å²) in [5.41, 5.74) is 0. The minimum atomic E-state index is -0.829. The maximum absolute atomic E-state index is 10.5. The molecule has 0 saturated heterocycles. The highest BCUT2D eigenvalue weighted by molar-refractivity contribution is 7.99. The van der Waals surface area contributed by atoms with Crippen molar-refractivity contribution in [1.29, 1.82) is 0 Å². The Kier molecular flexibility index (Phi) is 5.47. The monoisotopic (exact) mass is 257 g/mol. The molecule has 0 aliphatic carbocycles. The van der Waals surface area contributed by atoms with Crippen molar-refractivity contribution in [3.05, 3.63) is 5.82 Å². The molecular formula is C11H19N3O2S. The van der Waals surface area contributed by atoms with E-state index in [0.29, 0.717) is 11.1 Å². The van der Waals surface area contributed by atoms with Crippen molar-refractivity contribution in [2.45, 2.75) is 45.3 Å². The quantitative estimate of drug-likeness (QED) is 0.757. The van der Waals surface area contributed by atoms with E-state index in [-0.39, 0.29) is 5.75 Å². The predicted molar refractivity (Wildman–Crippen MR) is 67.2 cm³/mol. The summed E-state index contributed by atoms with van der Waals surface area (Å²) in [4.78, 5) is 10.5. The van der Waals surface area contributed by atoms with Gasteiger partial charge in [-0.05, 0) is 19.3 Å². The number of thioether (sulfide) groups is 1. The minimum Gasteiger partial charge on any atom is -0.481 e. The van der Waals surface area contributed by atoms with Crippen molar-refractivity contribution in [2.75, 3.05) is 5.75 Å². The standard InChI is InChI=1S/C11H19N3O2S/c1-4-14-9(6-5-8(2)3)12-13-11(14)17-7-10(15)16/h8H,4-7H2,1-3H3,(H,15,16). The van der Waals surface area contributed by atoms with Gasteiger partial charge >= 0.3 is 5.97 Å². The fourth-order valence-corrected chi connectivity index (χ4v) is 2.21. The molecule has 0 unspecified atom stereocenters. The topological polar surface area (TPSA) is 68.0 Å². The molecule has 0 radical (unpaired) electrons. The Balaban J connectivity index is 2.69. The summed E-state index contributed by atoms with van der Waals surface area (Å²) in [6.07, 6.45) is 1.97. The third-order valence-electron chi connectivity index (χ3n) is 2.38. The van der Waals surface area contributed by atoms with E-state index >= 15 is 0 Å². The van der Waals surface area contributed by atoms with Crippen LogP contribution in [0.4, 0.5) is 0 Å². The molecule has 0 aromatic carbocycles. The molecule has 0 bridgehead atoms. The third kappa shape index (κ3) is 4.38. The number of aromatic nitrogens is 3. The number of rotatable bonds is 7. The maximum Gasteiger partial charge on any atom is 0.313 e. The van der Waals surface area contributed by atoms with Gasteiger partial charge in [-0.15, -0.1) is 10.2 Å². The number of aliphatic carboxylic acids is 1. The van der Waals surface area contributed by atoms with E-state index in [1.54, 1.807) is 0 Å². The lowest BCUT2D eigenvalue weighted by atomic mass is 10.1. The second-order valence-corrected chi connectivity index (χ2v) is 5.20. The summed E-state index contributed by atoms with van der Waals surface area (Å²) in [5.74, 6) is 0.785. The summed E-state index contributed by atoms with van der Waals surface area (Å²) in [6.45, 7) is 7.15. The molecule has 0 aliphatic heterocycles. The number of hydrogen-bond donors (Lipinski definition) is 1. The highest BCUT2D eigenvalue weighted by atomic mass is 32.2. The van der Waals surface area contributed by atoms with Gasteiger partial charge in [0.1, 0.15) is 5.82 Å². The third-order valence-corrected chi connectivity index (χ3v) is 3.33. The van der Waals surface area contributed by atoms with Crippen LogP contribution in [0.5, 0.6) is 0 Å². The first-order valence-electron chi connectivity index (χ1n) is 5.81. The molecule has 0 amide bonds. The zero-order valence-corrected chi connectivity index (χ0v) is 11.3. The number of carboxylic acids is 1. The average Bonchev–Trinajstić information content (AvgIpc) is 2.65. The van der Waals surface area contributed by atoms with Crippen molar-refractivity contribution in [3.8, 4) is 0 Å². The van der Waals surface area contributed by atoms with Crippen LogP contribution in [-0.4, -0.2) is 31.6 Å². The molecule has 1 rings (SSSR count). The van der Waals surface area contributed by atoms with E-state index < -0.39 is 5.97 Å². The van der Waals surface area contributed by atoms with Gasteiger partial charge in [0.2, 0.25) is 0 Å². The first-order valence-corrected chi connectivity index (χ1v) is 6.79. The van der Waals surface area contributed by atoms with E-state index in [4.69, 9.17) is 5.11 Å². The van der Waals surface area contributed by atoms with E-state index in [9.17, 15) is 4.79 Å². The lowest BCUT2D eigenvalue weighted by Gasteiger charge is -2.07. The Morgan fingerprint density at radius 3 is 2.71 bits per heavy atom. The number of carboxylic acid groups (broad SMARTS) is 1. The Morgan fingerprint density at radius 1 is 1.47 bits per heavy atom. The van der Waals surface area contributed by atoms with Crippen LogP contribution in [0.15, 0.2) is 5.16 Å². The molecule has 0 fully saturated rings. The van der Waals surface area contributed by atoms with Gasteiger partial charge < -0.3 is 9.67 Å². The van der Waals surface area contributed by atoms with Crippen LogP contribution in [0.3, 0.4) is 0 Å². The number of nitrogens with zero attached hydrogens (tertiary/aromatic N) is 3. The van der Waals surface area contributed by atoms with Gasteiger partial charge in [-0.2, -0.15) is 0 Å². The largest absolute Gasteiger partial charge is 0.481 e. The van der Waals surface area contributed by atoms with E-state index in [0.717, 1.165) is 25.2 Å². The molecular weight excluding hydrogens is 238 g/mol. The summed E-state index contributed by atoms with van der Waals surface area (Å²) in [5, 5.41) is 17.5. The van der Waals surface area contributed by atoms with E-state index in [2.05, 4.69) is 24.0 Å². The number of aryl methyl sites for hydroxylation is 1. The van der Waals surface area contributed by atoms with Gasteiger partial charge in [-0.3, -0.25) is 4.79 Å². The Hall–Kier alpha value is -1.04. The molecule has 0 aliphatic rings. The van der Waals surface area contributed by atoms with Crippen LogP contribution in [0.2, 0.25) is 0 Å². The van der Waals surface area contributed by atoms with Crippen molar-refractivity contribution in [3.63, 3.8) is 0 Å². The minimum absolute atomic E-state index is 0.0301. The normalized spacial score (nSPS) is 11.1. The molecule has 1 aromatic rings. The Labute approximate surface area is 106 Å². The lowest BCUT2D eigenvalue weighted by Crippen LogP contribution is -2.06. The summed E-state index contributed by atoms with van der Waals surface area (Å²) in [6, 6.07) is 0. The molecule has 5 nitrogen and oxygen atoms in total. The van der Waals surface area contributed by atoms with Crippen LogP contribution in [-0.2, 0) is 17.8 Å². The van der Waals surface area contributed by atoms with Crippen LogP contribution >= 0.6 is 11.8 Å². The molecule has 1 N–H and O–H groups in total. The zero-order valence-electron chi connectivity index (χ0n) is 10.5. The highest BCUT2D eigenvalue weighted by Crippen LogP contribution is 2.18. The summed E-state index contributed by atoms with van der Waals surface area (Å²) < 4.78 is 2.00. The molecule has 0 spiro atoms. The van der Waals surface area contributed by atoms with Crippen molar-refractivity contribution in [1.82, 2.24) is 14.8 Å². The van der Waals surface area contributed by atoms with Gasteiger partial charge in [0.05, 0.1) is 5.75 Å². The summed E-state index contributed by atoms with van der Waals surface area (Å²) in [7, 11) is 0. The van der Waals surface area contributed by atoms with Crippen molar-refractivity contribution >= 4 is 17.7 Å². The summed E-state index contributed by atoms with van der Waals surface area (Å²) >= 11 is 1.22. The molecule has 1 aromatic heterocycles. The lowest BCUT2D eigenvalue weighted by molar-refractivity contribution is -0.133. The second kappa shape index (κ2) is 6.64. The second-order valence-electron chi connectivity index (χ2n) is 4.26. The number of hydrogen-bond acceptors (Lipinski definition) is 4. The molecule has 1 heterocycles. The smallest absolute Gasteiger partial charge is 0.313 e. The van der Waals surface area contributed by atoms with Crippen LogP contribution < -0.4 is 0 Å². The number of carbonyl (C=O) groups is 1. The Bertz CT molecular complexity index is 377. The molecule has 0 atom stereocenters. The molecule has 96 valence electrons. The van der Waals surface area contributed by atoms with Crippen molar-refractivity contribution < 1.29 is 9.90 Å². The van der Waals surface area contributed by atoms with E-state index in [1.165, 1.54) is 11.8 Å². The van der Waals surface area contributed by atoms with Crippen LogP contribution in [0.1, 0.15) is 33.0 Å². The predicted octanol–water partition coefficient (Wildman–Crippen LogP) is 2.06. The van der Waals surface area contributed by atoms with Gasteiger partial charge in [0.25, 0.3) is 0 Å². The SMILES string of the molecule is CCn1c(CCC(C)C)nnc1SCC(=O)O. The van der Waals surface area contributed by atoms with Gasteiger partial charge in [0, 0.05) is 13.0 Å².